The van der Waals surface area contributed by atoms with Crippen LogP contribution in [0.5, 0.6) is 11.5 Å². The number of ether oxygens (including phenoxy) is 2. The smallest absolute Gasteiger partial charge is 0.416 e. The number of hydrogen-bond acceptors (Lipinski definition) is 3. The van der Waals surface area contributed by atoms with Gasteiger partial charge in [-0.2, -0.15) is 13.2 Å². The van der Waals surface area contributed by atoms with Gasteiger partial charge in [0.15, 0.2) is 5.78 Å². The minimum absolute atomic E-state index is 0.0120. The molecule has 0 amide bonds. The Morgan fingerprint density at radius 1 is 1.00 bits per heavy atom. The van der Waals surface area contributed by atoms with Gasteiger partial charge in [-0.05, 0) is 48.9 Å². The second-order valence-corrected chi connectivity index (χ2v) is 6.95. The number of halogens is 3. The lowest BCUT2D eigenvalue weighted by atomic mass is 10.1. The van der Waals surface area contributed by atoms with Crippen molar-refractivity contribution in [2.24, 2.45) is 0 Å². The maximum absolute atomic E-state index is 12.9. The summed E-state index contributed by atoms with van der Waals surface area (Å²) in [4.78, 5) is 12.3. The Balaban J connectivity index is 1.75. The van der Waals surface area contributed by atoms with E-state index in [2.05, 4.69) is 0 Å². The molecular formula is C25H21F3O3. The summed E-state index contributed by atoms with van der Waals surface area (Å²) in [7, 11) is 1.50. The van der Waals surface area contributed by atoms with Crippen LogP contribution in [0.4, 0.5) is 13.2 Å². The van der Waals surface area contributed by atoms with Crippen LogP contribution in [0.3, 0.4) is 0 Å². The number of carbonyl (C=O) groups is 1. The van der Waals surface area contributed by atoms with Gasteiger partial charge in [-0.3, -0.25) is 4.79 Å². The van der Waals surface area contributed by atoms with E-state index in [-0.39, 0.29) is 18.1 Å². The van der Waals surface area contributed by atoms with Crippen molar-refractivity contribution in [2.75, 3.05) is 7.11 Å². The van der Waals surface area contributed by atoms with E-state index in [0.29, 0.717) is 16.9 Å². The van der Waals surface area contributed by atoms with Crippen LogP contribution in [0.15, 0.2) is 72.8 Å². The summed E-state index contributed by atoms with van der Waals surface area (Å²) in [5.74, 6) is 0.513. The first-order valence-electron chi connectivity index (χ1n) is 9.52. The zero-order chi connectivity index (χ0) is 22.4. The van der Waals surface area contributed by atoms with Gasteiger partial charge in [0, 0.05) is 11.1 Å². The van der Waals surface area contributed by atoms with Crippen molar-refractivity contribution >= 4 is 11.9 Å². The molecule has 0 bridgehead atoms. The van der Waals surface area contributed by atoms with E-state index in [0.717, 1.165) is 23.3 Å². The molecule has 3 rings (SSSR count). The summed E-state index contributed by atoms with van der Waals surface area (Å²) in [6.07, 6.45) is -1.29. The fourth-order valence-corrected chi connectivity index (χ4v) is 2.92. The minimum atomic E-state index is -4.44. The minimum Gasteiger partial charge on any atom is -0.496 e. The molecule has 160 valence electrons. The van der Waals surface area contributed by atoms with Gasteiger partial charge in [-0.25, -0.2) is 0 Å². The number of hydrogen-bond donors (Lipinski definition) is 0. The van der Waals surface area contributed by atoms with Crippen LogP contribution in [0.1, 0.15) is 32.6 Å². The van der Waals surface area contributed by atoms with Crippen LogP contribution in [-0.2, 0) is 12.8 Å². The standard InChI is InChI=1S/C25H21F3O3/c1-17-6-10-19(11-7-17)23(29)12-8-18-9-13-24(30-2)20(14-18)16-31-22-5-3-4-21(15-22)25(26,27)28/h3-15H,16H2,1-2H3/b12-8+. The average molecular weight is 426 g/mol. The topological polar surface area (TPSA) is 35.5 Å². The Hall–Kier alpha value is -3.54. The van der Waals surface area contributed by atoms with Crippen LogP contribution in [-0.4, -0.2) is 12.9 Å². The molecule has 0 aliphatic carbocycles. The maximum atomic E-state index is 12.9. The van der Waals surface area contributed by atoms with Gasteiger partial charge < -0.3 is 9.47 Å². The van der Waals surface area contributed by atoms with Gasteiger partial charge in [0.25, 0.3) is 0 Å². The summed E-state index contributed by atoms with van der Waals surface area (Å²) in [6.45, 7) is 1.96. The second-order valence-electron chi connectivity index (χ2n) is 6.95. The molecule has 3 aromatic carbocycles. The number of aryl methyl sites for hydroxylation is 1. The van der Waals surface area contributed by atoms with Crippen LogP contribution >= 0.6 is 0 Å². The van der Waals surface area contributed by atoms with Gasteiger partial charge in [-0.15, -0.1) is 0 Å². The number of ketones is 1. The summed E-state index contributed by atoms with van der Waals surface area (Å²) in [5, 5.41) is 0. The van der Waals surface area contributed by atoms with E-state index in [4.69, 9.17) is 9.47 Å². The van der Waals surface area contributed by atoms with Crippen molar-refractivity contribution < 1.29 is 27.4 Å². The predicted octanol–water partition coefficient (Wildman–Crippen LogP) is 6.50. The molecular weight excluding hydrogens is 405 g/mol. The third kappa shape index (κ3) is 5.98. The molecule has 0 unspecified atom stereocenters. The molecule has 0 radical (unpaired) electrons. The van der Waals surface area contributed by atoms with Gasteiger partial charge in [0.05, 0.1) is 12.7 Å². The van der Waals surface area contributed by atoms with Crippen molar-refractivity contribution in [3.63, 3.8) is 0 Å². The maximum Gasteiger partial charge on any atom is 0.416 e. The molecule has 6 heteroatoms. The molecule has 0 aliphatic heterocycles. The molecule has 0 fully saturated rings. The predicted molar refractivity (Wildman–Crippen MR) is 113 cm³/mol. The highest BCUT2D eigenvalue weighted by Crippen LogP contribution is 2.32. The van der Waals surface area contributed by atoms with Crippen LogP contribution in [0, 0.1) is 6.92 Å². The van der Waals surface area contributed by atoms with Crippen molar-refractivity contribution in [3.8, 4) is 11.5 Å². The Kier molecular flexibility index (Phi) is 6.80. The van der Waals surface area contributed by atoms with Crippen molar-refractivity contribution in [1.29, 1.82) is 0 Å². The van der Waals surface area contributed by atoms with E-state index in [1.807, 2.05) is 19.1 Å². The third-order valence-corrected chi connectivity index (χ3v) is 4.62. The molecule has 0 spiro atoms. The van der Waals surface area contributed by atoms with Gasteiger partial charge in [-0.1, -0.05) is 48.0 Å². The molecule has 3 nitrogen and oxygen atoms in total. The fraction of sp³-hybridized carbons (Fsp3) is 0.160. The molecule has 0 saturated carbocycles. The summed E-state index contributed by atoms with van der Waals surface area (Å²) in [5.41, 5.74) is 2.27. The number of carbonyl (C=O) groups excluding carboxylic acids is 1. The molecule has 0 aromatic heterocycles. The number of rotatable bonds is 7. The van der Waals surface area contributed by atoms with Crippen molar-refractivity contribution in [3.05, 3.63) is 101 Å². The Labute approximate surface area is 178 Å². The first kappa shape index (κ1) is 22.2. The third-order valence-electron chi connectivity index (χ3n) is 4.62. The largest absolute Gasteiger partial charge is 0.496 e. The lowest BCUT2D eigenvalue weighted by molar-refractivity contribution is -0.137. The number of benzene rings is 3. The number of methoxy groups -OCH3 is 1. The van der Waals surface area contributed by atoms with Gasteiger partial charge in [0.1, 0.15) is 18.1 Å². The summed E-state index contributed by atoms with van der Waals surface area (Å²) >= 11 is 0. The van der Waals surface area contributed by atoms with Crippen LogP contribution < -0.4 is 9.47 Å². The summed E-state index contributed by atoms with van der Waals surface area (Å²) < 4.78 is 49.5. The summed E-state index contributed by atoms with van der Waals surface area (Å²) in [6, 6.07) is 17.3. The SMILES string of the molecule is COc1ccc(/C=C/C(=O)c2ccc(C)cc2)cc1COc1cccc(C(F)(F)F)c1. The van der Waals surface area contributed by atoms with Gasteiger partial charge >= 0.3 is 6.18 Å². The molecule has 0 heterocycles. The lowest BCUT2D eigenvalue weighted by Crippen LogP contribution is -2.05. The zero-order valence-electron chi connectivity index (χ0n) is 17.1. The highest BCUT2D eigenvalue weighted by molar-refractivity contribution is 6.06. The van der Waals surface area contributed by atoms with Crippen molar-refractivity contribution in [2.45, 2.75) is 19.7 Å². The molecule has 31 heavy (non-hydrogen) atoms. The quantitative estimate of drug-likeness (QED) is 0.320. The first-order chi connectivity index (χ1) is 14.8. The molecule has 0 saturated heterocycles. The zero-order valence-corrected chi connectivity index (χ0v) is 17.1. The number of alkyl halides is 3. The Morgan fingerprint density at radius 2 is 1.74 bits per heavy atom. The highest BCUT2D eigenvalue weighted by atomic mass is 19.4. The van der Waals surface area contributed by atoms with E-state index in [1.165, 1.54) is 25.3 Å². The second kappa shape index (κ2) is 9.51. The Bertz CT molecular complexity index is 1080. The van der Waals surface area contributed by atoms with Crippen LogP contribution in [0.25, 0.3) is 6.08 Å². The highest BCUT2D eigenvalue weighted by Gasteiger charge is 2.30. The van der Waals surface area contributed by atoms with E-state index >= 15 is 0 Å². The van der Waals surface area contributed by atoms with Gasteiger partial charge in [0.2, 0.25) is 0 Å². The number of allylic oxidation sites excluding steroid dienone is 1. The average Bonchev–Trinajstić information content (AvgIpc) is 2.76. The first-order valence-corrected chi connectivity index (χ1v) is 9.52. The molecule has 0 N–H and O–H groups in total. The van der Waals surface area contributed by atoms with E-state index < -0.39 is 11.7 Å². The molecule has 0 aliphatic rings. The van der Waals surface area contributed by atoms with Crippen molar-refractivity contribution in [1.82, 2.24) is 0 Å². The fourth-order valence-electron chi connectivity index (χ4n) is 2.92. The van der Waals surface area contributed by atoms with E-state index in [1.54, 1.807) is 36.4 Å². The Morgan fingerprint density at radius 3 is 2.42 bits per heavy atom. The van der Waals surface area contributed by atoms with Crippen LogP contribution in [0.2, 0.25) is 0 Å². The molecule has 0 atom stereocenters. The monoisotopic (exact) mass is 426 g/mol. The van der Waals surface area contributed by atoms with E-state index in [9.17, 15) is 18.0 Å². The molecule has 3 aromatic rings. The normalized spacial score (nSPS) is 11.5. The lowest BCUT2D eigenvalue weighted by Gasteiger charge is -2.13.